The van der Waals surface area contributed by atoms with Gasteiger partial charge in [0.1, 0.15) is 5.75 Å². The molecule has 1 aromatic rings. The fraction of sp³-hybridized carbons (Fsp3) is 0.533. The van der Waals surface area contributed by atoms with Crippen molar-refractivity contribution in [2.24, 2.45) is 0 Å². The molecule has 0 amide bonds. The van der Waals surface area contributed by atoms with Crippen molar-refractivity contribution in [3.05, 3.63) is 29.8 Å². The molecular formula is C15H20O2S2. The summed E-state index contributed by atoms with van der Waals surface area (Å²) in [7, 11) is 1.66. The van der Waals surface area contributed by atoms with Gasteiger partial charge in [0.2, 0.25) is 0 Å². The van der Waals surface area contributed by atoms with E-state index in [9.17, 15) is 4.79 Å². The lowest BCUT2D eigenvalue weighted by molar-refractivity contribution is -0.118. The Labute approximate surface area is 123 Å². The summed E-state index contributed by atoms with van der Waals surface area (Å²) in [5.41, 5.74) is 1.00. The normalized spacial score (nSPS) is 23.1. The molecule has 1 aromatic carbocycles. The summed E-state index contributed by atoms with van der Waals surface area (Å²) < 4.78 is 5.32. The number of carbonyl (C=O) groups is 1. The van der Waals surface area contributed by atoms with Crippen LogP contribution in [0.25, 0.3) is 0 Å². The van der Waals surface area contributed by atoms with Crippen LogP contribution in [0.15, 0.2) is 24.3 Å². The average Bonchev–Trinajstić information content (AvgIpc) is 2.47. The monoisotopic (exact) mass is 296 g/mol. The largest absolute Gasteiger partial charge is 0.496 e. The quantitative estimate of drug-likeness (QED) is 0.831. The summed E-state index contributed by atoms with van der Waals surface area (Å²) in [4.78, 5) is 12.5. The Morgan fingerprint density at radius 1 is 1.32 bits per heavy atom. The lowest BCUT2D eigenvalue weighted by Gasteiger charge is -2.28. The molecule has 0 radical (unpaired) electrons. The topological polar surface area (TPSA) is 26.3 Å². The van der Waals surface area contributed by atoms with Crippen LogP contribution in [0.1, 0.15) is 18.9 Å². The summed E-state index contributed by atoms with van der Waals surface area (Å²) in [5, 5.41) is 0.620. The van der Waals surface area contributed by atoms with Crippen molar-refractivity contribution in [2.75, 3.05) is 18.6 Å². The second kappa shape index (κ2) is 7.25. The van der Waals surface area contributed by atoms with Gasteiger partial charge in [0, 0.05) is 28.7 Å². The maximum atomic E-state index is 12.5. The van der Waals surface area contributed by atoms with Crippen LogP contribution in [-0.4, -0.2) is 34.9 Å². The summed E-state index contributed by atoms with van der Waals surface area (Å²) in [6.07, 6.45) is 1.55. The average molecular weight is 296 g/mol. The number of rotatable bonds is 5. The van der Waals surface area contributed by atoms with Crippen LogP contribution in [-0.2, 0) is 11.2 Å². The third kappa shape index (κ3) is 3.69. The molecule has 1 fully saturated rings. The molecule has 1 saturated heterocycles. The van der Waals surface area contributed by atoms with Gasteiger partial charge in [-0.1, -0.05) is 25.1 Å². The lowest BCUT2D eigenvalue weighted by atomic mass is 10.0. The molecule has 0 N–H and O–H groups in total. The van der Waals surface area contributed by atoms with E-state index in [1.165, 1.54) is 5.75 Å². The van der Waals surface area contributed by atoms with Crippen LogP contribution in [0.5, 0.6) is 5.75 Å². The molecule has 104 valence electrons. The number of benzene rings is 1. The zero-order valence-corrected chi connectivity index (χ0v) is 13.1. The number of para-hydroxylation sites is 1. The highest BCUT2D eigenvalue weighted by molar-refractivity contribution is 8.07. The molecule has 1 aliphatic heterocycles. The van der Waals surface area contributed by atoms with E-state index in [4.69, 9.17) is 4.74 Å². The first-order valence-corrected chi connectivity index (χ1v) is 8.73. The summed E-state index contributed by atoms with van der Waals surface area (Å²) in [6, 6.07) is 7.80. The number of ether oxygens (including phenoxy) is 1. The van der Waals surface area contributed by atoms with Crippen LogP contribution < -0.4 is 4.74 Å². The van der Waals surface area contributed by atoms with Gasteiger partial charge in [-0.25, -0.2) is 0 Å². The fourth-order valence-electron chi connectivity index (χ4n) is 2.34. The van der Waals surface area contributed by atoms with Crippen molar-refractivity contribution < 1.29 is 9.53 Å². The number of methoxy groups -OCH3 is 1. The molecule has 2 unspecified atom stereocenters. The minimum atomic E-state index is 0.147. The predicted molar refractivity (Wildman–Crippen MR) is 84.5 cm³/mol. The maximum Gasteiger partial charge on any atom is 0.151 e. The van der Waals surface area contributed by atoms with Gasteiger partial charge in [0.05, 0.1) is 12.4 Å². The number of hydrogen-bond acceptors (Lipinski definition) is 4. The third-order valence-corrected chi connectivity index (χ3v) is 6.62. The highest BCUT2D eigenvalue weighted by Gasteiger charge is 2.30. The highest BCUT2D eigenvalue weighted by Crippen LogP contribution is 2.34. The SMILES string of the molecule is CCC1SCCSC1C(=O)Cc1ccccc1OC. The Kier molecular flexibility index (Phi) is 5.64. The Morgan fingerprint density at radius 3 is 2.79 bits per heavy atom. The van der Waals surface area contributed by atoms with E-state index < -0.39 is 0 Å². The highest BCUT2D eigenvalue weighted by atomic mass is 32.2. The van der Waals surface area contributed by atoms with E-state index in [2.05, 4.69) is 6.92 Å². The van der Waals surface area contributed by atoms with Crippen molar-refractivity contribution in [1.29, 1.82) is 0 Å². The van der Waals surface area contributed by atoms with Crippen LogP contribution in [0.4, 0.5) is 0 Å². The maximum absolute atomic E-state index is 12.5. The molecule has 1 aliphatic rings. The second-order valence-electron chi connectivity index (χ2n) is 4.56. The Bertz CT molecular complexity index is 434. The molecule has 0 bridgehead atoms. The van der Waals surface area contributed by atoms with Crippen molar-refractivity contribution in [2.45, 2.75) is 30.3 Å². The molecular weight excluding hydrogens is 276 g/mol. The number of carbonyl (C=O) groups excluding carboxylic acids is 1. The van der Waals surface area contributed by atoms with Gasteiger partial charge < -0.3 is 4.74 Å². The zero-order chi connectivity index (χ0) is 13.7. The van der Waals surface area contributed by atoms with E-state index in [0.717, 1.165) is 23.5 Å². The van der Waals surface area contributed by atoms with Gasteiger partial charge in [-0.3, -0.25) is 4.79 Å². The van der Waals surface area contributed by atoms with Crippen LogP contribution >= 0.6 is 23.5 Å². The van der Waals surface area contributed by atoms with Gasteiger partial charge in [0.15, 0.2) is 5.78 Å². The summed E-state index contributed by atoms with van der Waals surface area (Å²) in [6.45, 7) is 2.17. The Morgan fingerprint density at radius 2 is 2.05 bits per heavy atom. The van der Waals surface area contributed by atoms with Crippen molar-refractivity contribution in [3.8, 4) is 5.75 Å². The predicted octanol–water partition coefficient (Wildman–Crippen LogP) is 3.43. The van der Waals surface area contributed by atoms with Crippen LogP contribution in [0.2, 0.25) is 0 Å². The van der Waals surface area contributed by atoms with Crippen LogP contribution in [0.3, 0.4) is 0 Å². The number of Topliss-reactive ketones (excluding diaryl/α,β-unsaturated/α-hetero) is 1. The van der Waals surface area contributed by atoms with E-state index in [1.54, 1.807) is 7.11 Å². The van der Waals surface area contributed by atoms with Gasteiger partial charge in [0.25, 0.3) is 0 Å². The van der Waals surface area contributed by atoms with Gasteiger partial charge in [-0.05, 0) is 12.5 Å². The number of ketones is 1. The smallest absolute Gasteiger partial charge is 0.151 e. The van der Waals surface area contributed by atoms with Crippen molar-refractivity contribution in [1.82, 2.24) is 0 Å². The molecule has 0 aliphatic carbocycles. The Balaban J connectivity index is 2.07. The van der Waals surface area contributed by atoms with E-state index in [1.807, 2.05) is 47.8 Å². The molecule has 0 spiro atoms. The van der Waals surface area contributed by atoms with Gasteiger partial charge >= 0.3 is 0 Å². The second-order valence-corrected chi connectivity index (χ2v) is 7.16. The molecule has 19 heavy (non-hydrogen) atoms. The summed E-state index contributed by atoms with van der Waals surface area (Å²) >= 11 is 3.77. The zero-order valence-electron chi connectivity index (χ0n) is 11.4. The molecule has 0 saturated carbocycles. The lowest BCUT2D eigenvalue weighted by Crippen LogP contribution is -2.33. The van der Waals surface area contributed by atoms with E-state index >= 15 is 0 Å². The molecule has 1 heterocycles. The Hall–Kier alpha value is -0.610. The van der Waals surface area contributed by atoms with Gasteiger partial charge in [-0.15, -0.1) is 11.8 Å². The molecule has 0 aromatic heterocycles. The molecule has 2 atom stereocenters. The third-order valence-electron chi connectivity index (χ3n) is 3.33. The number of hydrogen-bond donors (Lipinski definition) is 0. The first-order valence-electron chi connectivity index (χ1n) is 6.64. The minimum absolute atomic E-state index is 0.147. The molecule has 2 rings (SSSR count). The van der Waals surface area contributed by atoms with Crippen molar-refractivity contribution in [3.63, 3.8) is 0 Å². The first-order chi connectivity index (χ1) is 9.26. The molecule has 2 nitrogen and oxygen atoms in total. The summed E-state index contributed by atoms with van der Waals surface area (Å²) in [5.74, 6) is 3.41. The standard InChI is InChI=1S/C15H20O2S2/c1-3-14-15(19-9-8-18-14)12(16)10-11-6-4-5-7-13(11)17-2/h4-7,14-15H,3,8-10H2,1-2H3. The fourth-order valence-corrected chi connectivity index (χ4v) is 5.38. The minimum Gasteiger partial charge on any atom is -0.496 e. The first kappa shape index (κ1) is 14.8. The van der Waals surface area contributed by atoms with Crippen LogP contribution in [0, 0.1) is 0 Å². The van der Waals surface area contributed by atoms with Crippen molar-refractivity contribution >= 4 is 29.3 Å². The van der Waals surface area contributed by atoms with Gasteiger partial charge in [-0.2, -0.15) is 11.8 Å². The molecule has 4 heteroatoms. The van der Waals surface area contributed by atoms with E-state index in [-0.39, 0.29) is 5.25 Å². The number of thioether (sulfide) groups is 2. The van der Waals surface area contributed by atoms with E-state index in [0.29, 0.717) is 17.5 Å².